The minimum absolute atomic E-state index is 0.0784. The van der Waals surface area contributed by atoms with E-state index in [1.807, 2.05) is 0 Å². The summed E-state index contributed by atoms with van der Waals surface area (Å²) in [5, 5.41) is 0. The summed E-state index contributed by atoms with van der Waals surface area (Å²) in [5.74, 6) is -0.880. The van der Waals surface area contributed by atoms with Crippen LogP contribution in [-0.2, 0) is 28.6 Å². The van der Waals surface area contributed by atoms with E-state index in [1.165, 1.54) is 193 Å². The molecule has 71 heavy (non-hydrogen) atoms. The molecule has 0 aromatic carbocycles. The largest absolute Gasteiger partial charge is 0.462 e. The lowest BCUT2D eigenvalue weighted by molar-refractivity contribution is -0.167. The summed E-state index contributed by atoms with van der Waals surface area (Å²) in [6.07, 6.45) is 74.0. The average molecular weight is 996 g/mol. The lowest BCUT2D eigenvalue weighted by Crippen LogP contribution is -2.30. The van der Waals surface area contributed by atoms with E-state index in [1.54, 1.807) is 0 Å². The van der Waals surface area contributed by atoms with Crippen LogP contribution < -0.4 is 0 Å². The fourth-order valence-electron chi connectivity index (χ4n) is 9.20. The third kappa shape index (κ3) is 58.1. The molecule has 0 bridgehead atoms. The van der Waals surface area contributed by atoms with Crippen molar-refractivity contribution in [1.82, 2.24) is 0 Å². The van der Waals surface area contributed by atoms with Crippen LogP contribution in [-0.4, -0.2) is 37.2 Å². The first-order valence-corrected chi connectivity index (χ1v) is 31.1. The van der Waals surface area contributed by atoms with Crippen molar-refractivity contribution in [2.75, 3.05) is 13.2 Å². The van der Waals surface area contributed by atoms with Crippen LogP contribution in [0.4, 0.5) is 0 Å². The van der Waals surface area contributed by atoms with Gasteiger partial charge >= 0.3 is 17.9 Å². The second-order valence-corrected chi connectivity index (χ2v) is 21.0. The second kappa shape index (κ2) is 59.9. The third-order valence-corrected chi connectivity index (χ3v) is 13.8. The van der Waals surface area contributed by atoms with E-state index < -0.39 is 6.10 Å². The number of ether oxygens (including phenoxy) is 3. The number of allylic oxidation sites excluding steroid dienone is 8. The van der Waals surface area contributed by atoms with E-state index in [0.29, 0.717) is 19.3 Å². The lowest BCUT2D eigenvalue weighted by atomic mass is 10.0. The maximum absolute atomic E-state index is 12.9. The molecule has 0 aromatic rings. The van der Waals surface area contributed by atoms with Gasteiger partial charge in [-0.3, -0.25) is 14.4 Å². The lowest BCUT2D eigenvalue weighted by Gasteiger charge is -2.18. The molecule has 6 heteroatoms. The van der Waals surface area contributed by atoms with Crippen LogP contribution >= 0.6 is 0 Å². The van der Waals surface area contributed by atoms with Gasteiger partial charge in [0.1, 0.15) is 13.2 Å². The van der Waals surface area contributed by atoms with Gasteiger partial charge in [0, 0.05) is 19.3 Å². The van der Waals surface area contributed by atoms with Crippen molar-refractivity contribution in [3.8, 4) is 0 Å². The van der Waals surface area contributed by atoms with E-state index in [2.05, 4.69) is 69.4 Å². The van der Waals surface area contributed by atoms with Crippen LogP contribution in [0, 0.1) is 0 Å². The van der Waals surface area contributed by atoms with Gasteiger partial charge < -0.3 is 14.2 Å². The van der Waals surface area contributed by atoms with Gasteiger partial charge in [0.05, 0.1) is 0 Å². The molecular formula is C65H118O6. The van der Waals surface area contributed by atoms with E-state index in [-0.39, 0.29) is 31.1 Å². The first-order valence-electron chi connectivity index (χ1n) is 31.1. The Morgan fingerprint density at radius 3 is 0.859 bits per heavy atom. The molecule has 0 aromatic heterocycles. The standard InChI is InChI=1S/C65H118O6/c1-4-7-10-13-16-19-22-25-28-31-32-33-35-37-40-43-46-49-52-55-58-64(67)70-61-62(60-69-63(66)57-54-51-48-45-42-39-36-30-27-24-21-18-15-12-9-6-3)71-65(68)59-56-53-50-47-44-41-38-34-29-26-23-20-17-14-11-8-5-2/h8,11,17,20,26,29,38,41,62H,4-7,9-10,12-16,18-19,21-25,27-28,30-37,39-40,42-61H2,1-3H3/b11-8-,20-17-,29-26-,41-38-. The summed E-state index contributed by atoms with van der Waals surface area (Å²) >= 11 is 0. The van der Waals surface area contributed by atoms with Gasteiger partial charge in [-0.2, -0.15) is 0 Å². The number of carbonyl (C=O) groups is 3. The molecule has 0 amide bonds. The highest BCUT2D eigenvalue weighted by Crippen LogP contribution is 2.17. The molecule has 0 fully saturated rings. The Morgan fingerprint density at radius 1 is 0.296 bits per heavy atom. The predicted octanol–water partition coefficient (Wildman–Crippen LogP) is 21.0. The molecule has 0 saturated carbocycles. The van der Waals surface area contributed by atoms with Crippen molar-refractivity contribution < 1.29 is 28.6 Å². The zero-order chi connectivity index (χ0) is 51.4. The highest BCUT2D eigenvalue weighted by Gasteiger charge is 2.19. The first kappa shape index (κ1) is 68.4. The van der Waals surface area contributed by atoms with Gasteiger partial charge in [-0.15, -0.1) is 0 Å². The molecule has 0 N–H and O–H groups in total. The van der Waals surface area contributed by atoms with Gasteiger partial charge in [-0.05, 0) is 57.8 Å². The van der Waals surface area contributed by atoms with E-state index in [0.717, 1.165) is 96.3 Å². The summed E-state index contributed by atoms with van der Waals surface area (Å²) < 4.78 is 16.9. The molecule has 0 saturated heterocycles. The Bertz CT molecular complexity index is 1230. The summed E-state index contributed by atoms with van der Waals surface area (Å²) in [7, 11) is 0. The summed E-state index contributed by atoms with van der Waals surface area (Å²) in [6.45, 7) is 6.56. The number of hydrogen-bond donors (Lipinski definition) is 0. The van der Waals surface area contributed by atoms with E-state index >= 15 is 0 Å². The SMILES string of the molecule is CC/C=C\C/C=C\C/C=C\C/C=C\CCCCCCC(=O)OC(COC(=O)CCCCCCCCCCCCCCCCCC)COC(=O)CCCCCCCCCCCCCCCCCCCCCC. The number of esters is 3. The Balaban J connectivity index is 4.35. The third-order valence-electron chi connectivity index (χ3n) is 13.8. The molecule has 0 aliphatic carbocycles. The number of unbranched alkanes of at least 4 members (excludes halogenated alkanes) is 38. The molecule has 6 nitrogen and oxygen atoms in total. The Kier molecular flexibility index (Phi) is 57.7. The summed E-state index contributed by atoms with van der Waals surface area (Å²) in [6, 6.07) is 0. The van der Waals surface area contributed by atoms with Crippen molar-refractivity contribution in [2.45, 2.75) is 335 Å². The topological polar surface area (TPSA) is 78.9 Å². The number of rotatable bonds is 57. The fraction of sp³-hybridized carbons (Fsp3) is 0.831. The normalized spacial score (nSPS) is 12.3. The summed E-state index contributed by atoms with van der Waals surface area (Å²) in [5.41, 5.74) is 0. The molecule has 0 rings (SSSR count). The molecule has 0 aliphatic heterocycles. The van der Waals surface area contributed by atoms with Crippen LogP contribution in [0.5, 0.6) is 0 Å². The maximum atomic E-state index is 12.9. The highest BCUT2D eigenvalue weighted by molar-refractivity contribution is 5.71. The second-order valence-electron chi connectivity index (χ2n) is 21.0. The van der Waals surface area contributed by atoms with Gasteiger partial charge in [0.25, 0.3) is 0 Å². The molecule has 1 atom stereocenters. The summed E-state index contributed by atoms with van der Waals surface area (Å²) in [4.78, 5) is 38.3. The Labute approximate surface area is 441 Å². The monoisotopic (exact) mass is 995 g/mol. The fourth-order valence-corrected chi connectivity index (χ4v) is 9.20. The minimum atomic E-state index is -0.783. The zero-order valence-electron chi connectivity index (χ0n) is 47.5. The van der Waals surface area contributed by atoms with Crippen molar-refractivity contribution in [1.29, 1.82) is 0 Å². The smallest absolute Gasteiger partial charge is 0.306 e. The molecule has 414 valence electrons. The highest BCUT2D eigenvalue weighted by atomic mass is 16.6. The first-order chi connectivity index (χ1) is 35.0. The molecule has 0 heterocycles. The quantitative estimate of drug-likeness (QED) is 0.0261. The maximum Gasteiger partial charge on any atom is 0.306 e. The van der Waals surface area contributed by atoms with E-state index in [4.69, 9.17) is 14.2 Å². The molecule has 0 spiro atoms. The van der Waals surface area contributed by atoms with Crippen LogP contribution in [0.2, 0.25) is 0 Å². The van der Waals surface area contributed by atoms with Crippen molar-refractivity contribution in [3.63, 3.8) is 0 Å². The van der Waals surface area contributed by atoms with Gasteiger partial charge in [0.15, 0.2) is 6.10 Å². The number of carbonyl (C=O) groups excluding carboxylic acids is 3. The Hall–Kier alpha value is -2.63. The zero-order valence-corrected chi connectivity index (χ0v) is 47.5. The van der Waals surface area contributed by atoms with Crippen molar-refractivity contribution >= 4 is 17.9 Å². The predicted molar refractivity (Wildman–Crippen MR) is 307 cm³/mol. The number of hydrogen-bond acceptors (Lipinski definition) is 6. The van der Waals surface area contributed by atoms with E-state index in [9.17, 15) is 14.4 Å². The van der Waals surface area contributed by atoms with Gasteiger partial charge in [-0.1, -0.05) is 301 Å². The van der Waals surface area contributed by atoms with Crippen LogP contribution in [0.15, 0.2) is 48.6 Å². The van der Waals surface area contributed by atoms with Crippen LogP contribution in [0.25, 0.3) is 0 Å². The molecule has 0 aliphatic rings. The Morgan fingerprint density at radius 2 is 0.549 bits per heavy atom. The average Bonchev–Trinajstić information content (AvgIpc) is 3.37. The molecule has 0 radical (unpaired) electrons. The minimum Gasteiger partial charge on any atom is -0.462 e. The van der Waals surface area contributed by atoms with Gasteiger partial charge in [-0.25, -0.2) is 0 Å². The molecular weight excluding hydrogens is 877 g/mol. The molecule has 1 unspecified atom stereocenters. The van der Waals surface area contributed by atoms with Crippen LogP contribution in [0.1, 0.15) is 329 Å². The van der Waals surface area contributed by atoms with Crippen LogP contribution in [0.3, 0.4) is 0 Å². The van der Waals surface area contributed by atoms with Crippen molar-refractivity contribution in [2.24, 2.45) is 0 Å². The van der Waals surface area contributed by atoms with Crippen molar-refractivity contribution in [3.05, 3.63) is 48.6 Å². The van der Waals surface area contributed by atoms with Gasteiger partial charge in [0.2, 0.25) is 0 Å².